The molecule has 1 aromatic rings. The molecule has 0 aliphatic carbocycles. The van der Waals surface area contributed by atoms with Crippen molar-refractivity contribution in [2.24, 2.45) is 0 Å². The van der Waals surface area contributed by atoms with E-state index >= 15 is 0 Å². The van der Waals surface area contributed by atoms with Crippen LogP contribution in [0.4, 0.5) is 13.2 Å². The average molecular weight is 246 g/mol. The number of methoxy groups -OCH3 is 1. The van der Waals surface area contributed by atoms with E-state index in [0.717, 1.165) is 0 Å². The Morgan fingerprint density at radius 2 is 2.06 bits per heavy atom. The first kappa shape index (κ1) is 13.6. The van der Waals surface area contributed by atoms with Gasteiger partial charge in [-0.15, -0.1) is 6.58 Å². The number of rotatable bonds is 4. The van der Waals surface area contributed by atoms with Gasteiger partial charge in [0.25, 0.3) is 0 Å². The molecular weight excluding hydrogens is 233 g/mol. The van der Waals surface area contributed by atoms with E-state index in [2.05, 4.69) is 6.58 Å². The fraction of sp³-hybridized carbons (Fsp3) is 0.333. The first-order chi connectivity index (χ1) is 7.91. The second kappa shape index (κ2) is 4.79. The molecule has 94 valence electrons. The lowest BCUT2D eigenvalue weighted by molar-refractivity contribution is -0.185. The summed E-state index contributed by atoms with van der Waals surface area (Å²) in [5.74, 6) is 0.298. The van der Waals surface area contributed by atoms with Crippen molar-refractivity contribution in [1.29, 1.82) is 0 Å². The van der Waals surface area contributed by atoms with E-state index in [4.69, 9.17) is 9.84 Å². The summed E-state index contributed by atoms with van der Waals surface area (Å²) in [7, 11) is 1.36. The molecule has 0 unspecified atom stereocenters. The highest BCUT2D eigenvalue weighted by atomic mass is 19.4. The van der Waals surface area contributed by atoms with Crippen LogP contribution in [0.15, 0.2) is 36.9 Å². The van der Waals surface area contributed by atoms with Gasteiger partial charge in [0.1, 0.15) is 11.2 Å². The SMILES string of the molecule is C=C[C@@](CO)(c1cccc(OC)c1)C(F)(F)F. The predicted octanol–water partition coefficient (Wildman–Crippen LogP) is 2.67. The molecule has 5 heteroatoms. The number of hydrogen-bond acceptors (Lipinski definition) is 2. The number of aliphatic hydroxyl groups excluding tert-OH is 1. The molecule has 1 atom stereocenters. The lowest BCUT2D eigenvalue weighted by Gasteiger charge is -2.31. The predicted molar refractivity (Wildman–Crippen MR) is 58.0 cm³/mol. The molecule has 1 N–H and O–H groups in total. The van der Waals surface area contributed by atoms with E-state index in [-0.39, 0.29) is 5.56 Å². The third-order valence-corrected chi connectivity index (χ3v) is 2.69. The molecule has 0 aromatic heterocycles. The van der Waals surface area contributed by atoms with Crippen LogP contribution in [0.3, 0.4) is 0 Å². The van der Waals surface area contributed by atoms with E-state index in [9.17, 15) is 13.2 Å². The number of ether oxygens (including phenoxy) is 1. The van der Waals surface area contributed by atoms with E-state index < -0.39 is 18.2 Å². The second-order valence-corrected chi connectivity index (χ2v) is 3.56. The lowest BCUT2D eigenvalue weighted by Crippen LogP contribution is -2.43. The fourth-order valence-corrected chi connectivity index (χ4v) is 1.54. The number of benzene rings is 1. The minimum Gasteiger partial charge on any atom is -0.497 e. The normalized spacial score (nSPS) is 15.1. The molecule has 0 spiro atoms. The summed E-state index contributed by atoms with van der Waals surface area (Å²) in [6.07, 6.45) is -3.91. The van der Waals surface area contributed by atoms with Crippen LogP contribution in [0.25, 0.3) is 0 Å². The Balaban J connectivity index is 3.36. The Morgan fingerprint density at radius 3 is 2.47 bits per heavy atom. The minimum absolute atomic E-state index is 0.0955. The molecule has 1 rings (SSSR count). The standard InChI is InChI=1S/C12H13F3O2/c1-3-11(8-16,12(13,14)15)9-5-4-6-10(7-9)17-2/h3-7,16H,1,8H2,2H3/t11-/m1/s1. The van der Waals surface area contributed by atoms with Gasteiger partial charge in [-0.1, -0.05) is 18.2 Å². The number of hydrogen-bond donors (Lipinski definition) is 1. The largest absolute Gasteiger partial charge is 0.497 e. The van der Waals surface area contributed by atoms with Crippen molar-refractivity contribution in [2.45, 2.75) is 11.6 Å². The summed E-state index contributed by atoms with van der Waals surface area (Å²) in [6, 6.07) is 5.50. The molecule has 0 aliphatic heterocycles. The highest BCUT2D eigenvalue weighted by molar-refractivity contribution is 5.38. The molecule has 1 aromatic carbocycles. The molecule has 0 heterocycles. The van der Waals surface area contributed by atoms with Crippen molar-refractivity contribution in [3.8, 4) is 5.75 Å². The smallest absolute Gasteiger partial charge is 0.404 e. The Morgan fingerprint density at radius 1 is 1.41 bits per heavy atom. The van der Waals surface area contributed by atoms with Gasteiger partial charge in [0.2, 0.25) is 0 Å². The average Bonchev–Trinajstić information content (AvgIpc) is 2.30. The summed E-state index contributed by atoms with van der Waals surface area (Å²) >= 11 is 0. The Kier molecular flexibility index (Phi) is 3.83. The van der Waals surface area contributed by atoms with Gasteiger partial charge in [0, 0.05) is 0 Å². The van der Waals surface area contributed by atoms with Crippen molar-refractivity contribution in [3.05, 3.63) is 42.5 Å². The molecular formula is C12H13F3O2. The minimum atomic E-state index is -4.62. The number of aliphatic hydroxyl groups is 1. The van der Waals surface area contributed by atoms with Crippen LogP contribution >= 0.6 is 0 Å². The third kappa shape index (κ3) is 2.29. The van der Waals surface area contributed by atoms with E-state index in [1.165, 1.54) is 31.4 Å². The molecule has 0 saturated heterocycles. The molecule has 2 nitrogen and oxygen atoms in total. The van der Waals surface area contributed by atoms with Gasteiger partial charge in [0.15, 0.2) is 0 Å². The van der Waals surface area contributed by atoms with Gasteiger partial charge in [-0.25, -0.2) is 0 Å². The fourth-order valence-electron chi connectivity index (χ4n) is 1.54. The van der Waals surface area contributed by atoms with Crippen LogP contribution in [-0.4, -0.2) is 25.0 Å². The summed E-state index contributed by atoms with van der Waals surface area (Å²) in [4.78, 5) is 0. The maximum Gasteiger partial charge on any atom is 0.404 e. The first-order valence-corrected chi connectivity index (χ1v) is 4.87. The van der Waals surface area contributed by atoms with Crippen molar-refractivity contribution in [2.75, 3.05) is 13.7 Å². The Hall–Kier alpha value is -1.49. The summed E-state index contributed by atoms with van der Waals surface area (Å²) < 4.78 is 43.9. The van der Waals surface area contributed by atoms with E-state index in [0.29, 0.717) is 11.8 Å². The van der Waals surface area contributed by atoms with E-state index in [1.807, 2.05) is 0 Å². The van der Waals surface area contributed by atoms with Crippen LogP contribution < -0.4 is 4.74 Å². The lowest BCUT2D eigenvalue weighted by atomic mass is 9.80. The zero-order chi connectivity index (χ0) is 13.1. The first-order valence-electron chi connectivity index (χ1n) is 4.87. The molecule has 0 fully saturated rings. The van der Waals surface area contributed by atoms with Gasteiger partial charge >= 0.3 is 6.18 Å². The van der Waals surface area contributed by atoms with Crippen molar-refractivity contribution in [1.82, 2.24) is 0 Å². The molecule has 0 amide bonds. The van der Waals surface area contributed by atoms with Crippen LogP contribution in [0.1, 0.15) is 5.56 Å². The van der Waals surface area contributed by atoms with Gasteiger partial charge in [-0.2, -0.15) is 13.2 Å². The molecule has 0 aliphatic rings. The van der Waals surface area contributed by atoms with Crippen molar-refractivity contribution in [3.63, 3.8) is 0 Å². The number of alkyl halides is 3. The summed E-state index contributed by atoms with van der Waals surface area (Å²) in [5, 5.41) is 9.10. The maximum absolute atomic E-state index is 13.0. The van der Waals surface area contributed by atoms with Crippen LogP contribution in [-0.2, 0) is 5.41 Å². The van der Waals surface area contributed by atoms with Gasteiger partial charge in [-0.3, -0.25) is 0 Å². The van der Waals surface area contributed by atoms with Crippen LogP contribution in [0, 0.1) is 0 Å². The topological polar surface area (TPSA) is 29.5 Å². The highest BCUT2D eigenvalue weighted by Gasteiger charge is 2.53. The monoisotopic (exact) mass is 246 g/mol. The Labute approximate surface area is 97.3 Å². The molecule has 17 heavy (non-hydrogen) atoms. The third-order valence-electron chi connectivity index (χ3n) is 2.69. The quantitative estimate of drug-likeness (QED) is 0.828. The van der Waals surface area contributed by atoms with Gasteiger partial charge in [-0.05, 0) is 17.7 Å². The van der Waals surface area contributed by atoms with Gasteiger partial charge in [0.05, 0.1) is 13.7 Å². The van der Waals surface area contributed by atoms with E-state index in [1.54, 1.807) is 0 Å². The molecule has 0 saturated carbocycles. The van der Waals surface area contributed by atoms with Crippen LogP contribution in [0.5, 0.6) is 5.75 Å². The molecule has 0 bridgehead atoms. The molecule has 0 radical (unpaired) electrons. The van der Waals surface area contributed by atoms with Crippen molar-refractivity contribution >= 4 is 0 Å². The Bertz CT molecular complexity index is 401. The highest BCUT2D eigenvalue weighted by Crippen LogP contribution is 2.42. The maximum atomic E-state index is 13.0. The number of halogens is 3. The second-order valence-electron chi connectivity index (χ2n) is 3.56. The summed E-state index contributed by atoms with van der Waals surface area (Å²) in [5.41, 5.74) is -2.55. The van der Waals surface area contributed by atoms with Crippen molar-refractivity contribution < 1.29 is 23.0 Å². The summed E-state index contributed by atoms with van der Waals surface area (Å²) in [6.45, 7) is 2.09. The van der Waals surface area contributed by atoms with Crippen LogP contribution in [0.2, 0.25) is 0 Å². The van der Waals surface area contributed by atoms with Gasteiger partial charge < -0.3 is 9.84 Å². The zero-order valence-corrected chi connectivity index (χ0v) is 9.29. The zero-order valence-electron chi connectivity index (χ0n) is 9.29.